The molecule has 0 heterocycles. The molecule has 4 nitrogen and oxygen atoms in total. The highest BCUT2D eigenvalue weighted by molar-refractivity contribution is 8.29. The number of benzene rings is 1. The molecule has 0 fully saturated rings. The number of nitrogens with zero attached hydrogens (tertiary/aromatic N) is 2. The monoisotopic (exact) mass is 282 g/mol. The third kappa shape index (κ3) is 4.46. The van der Waals surface area contributed by atoms with E-state index in [2.05, 4.69) is 0 Å². The van der Waals surface area contributed by atoms with Gasteiger partial charge in [0.2, 0.25) is 6.20 Å². The molecule has 0 saturated carbocycles. The van der Waals surface area contributed by atoms with Crippen LogP contribution in [0.15, 0.2) is 36.5 Å². The summed E-state index contributed by atoms with van der Waals surface area (Å²) in [6.07, 6.45) is 0.996. The molecule has 6 heteroatoms. The van der Waals surface area contributed by atoms with E-state index in [0.29, 0.717) is 9.23 Å². The van der Waals surface area contributed by atoms with Gasteiger partial charge in [-0.3, -0.25) is 10.1 Å². The summed E-state index contributed by atoms with van der Waals surface area (Å²) in [6, 6.07) is 9.22. The summed E-state index contributed by atoms with van der Waals surface area (Å²) in [6.45, 7) is 2.75. The lowest BCUT2D eigenvalue weighted by molar-refractivity contribution is -0.401. The number of thiocarbonyl (C=S) groups is 1. The van der Waals surface area contributed by atoms with E-state index in [-0.39, 0.29) is 0 Å². The van der Waals surface area contributed by atoms with Crippen molar-refractivity contribution in [2.24, 2.45) is 0 Å². The Morgan fingerprint density at radius 3 is 2.61 bits per heavy atom. The lowest BCUT2D eigenvalue weighted by atomic mass is 10.2. The number of rotatable bonds is 4. The first kappa shape index (κ1) is 14.7. The van der Waals surface area contributed by atoms with Crippen molar-refractivity contribution in [3.05, 3.63) is 52.2 Å². The van der Waals surface area contributed by atoms with Gasteiger partial charge in [-0.15, -0.1) is 0 Å². The minimum atomic E-state index is -0.454. The van der Waals surface area contributed by atoms with Gasteiger partial charge in [-0.1, -0.05) is 54.3 Å². The normalized spacial score (nSPS) is 11.1. The van der Waals surface area contributed by atoms with E-state index in [0.717, 1.165) is 18.3 Å². The molecule has 0 bridgehead atoms. The minimum absolute atomic E-state index is 0.454. The minimum Gasteiger partial charge on any atom is -0.361 e. The number of hydrogen-bond acceptors (Lipinski definition) is 4. The highest BCUT2D eigenvalue weighted by Crippen LogP contribution is 2.29. The maximum absolute atomic E-state index is 10.7. The van der Waals surface area contributed by atoms with E-state index in [9.17, 15) is 10.1 Å². The van der Waals surface area contributed by atoms with Gasteiger partial charge in [-0.05, 0) is 12.5 Å². The second-order valence-electron chi connectivity index (χ2n) is 3.53. The summed E-state index contributed by atoms with van der Waals surface area (Å²) in [5.74, 6) is 0. The molecule has 1 aromatic rings. The zero-order valence-electron chi connectivity index (χ0n) is 10.2. The van der Waals surface area contributed by atoms with Crippen molar-refractivity contribution in [3.63, 3.8) is 0 Å². The first-order valence-corrected chi connectivity index (χ1v) is 6.60. The molecule has 1 rings (SSSR count). The number of thioether (sulfide) groups is 1. The van der Waals surface area contributed by atoms with Crippen LogP contribution in [0.3, 0.4) is 0 Å². The Morgan fingerprint density at radius 2 is 2.11 bits per heavy atom. The number of nitro groups is 1. The van der Waals surface area contributed by atoms with Crippen LogP contribution in [0.2, 0.25) is 0 Å². The van der Waals surface area contributed by atoms with Crippen LogP contribution in [-0.4, -0.2) is 27.7 Å². The van der Waals surface area contributed by atoms with Gasteiger partial charge in [-0.25, -0.2) is 0 Å². The Bertz CT molecular complexity index is 460. The lowest BCUT2D eigenvalue weighted by Gasteiger charge is -2.17. The summed E-state index contributed by atoms with van der Waals surface area (Å²) in [7, 11) is 1.87. The van der Waals surface area contributed by atoms with Crippen molar-refractivity contribution < 1.29 is 4.92 Å². The van der Waals surface area contributed by atoms with Crippen LogP contribution in [-0.2, 0) is 0 Å². The van der Waals surface area contributed by atoms with Gasteiger partial charge < -0.3 is 4.90 Å². The molecule has 1 aromatic carbocycles. The van der Waals surface area contributed by atoms with Crippen LogP contribution in [0, 0.1) is 10.1 Å². The van der Waals surface area contributed by atoms with Crippen molar-refractivity contribution in [1.82, 2.24) is 4.90 Å². The average Bonchev–Trinajstić information content (AvgIpc) is 2.37. The Morgan fingerprint density at radius 1 is 1.50 bits per heavy atom. The van der Waals surface area contributed by atoms with Gasteiger partial charge in [0.25, 0.3) is 0 Å². The largest absolute Gasteiger partial charge is 0.361 e. The van der Waals surface area contributed by atoms with Crippen molar-refractivity contribution in [2.45, 2.75) is 6.92 Å². The van der Waals surface area contributed by atoms with Gasteiger partial charge in [0.1, 0.15) is 4.32 Å². The predicted molar refractivity (Wildman–Crippen MR) is 79.9 cm³/mol. The molecule has 0 saturated heterocycles. The molecule has 96 valence electrons. The van der Waals surface area contributed by atoms with Crippen LogP contribution in [0.25, 0.3) is 4.91 Å². The standard InChI is InChI=1S/C12H14N2O2S2/c1-3-13(2)12(17)18-11(9-14(15)16)10-7-5-4-6-8-10/h4-9H,3H2,1-2H3. The van der Waals surface area contributed by atoms with Crippen LogP contribution in [0.5, 0.6) is 0 Å². The second kappa shape index (κ2) is 7.13. The molecule has 0 atom stereocenters. The van der Waals surface area contributed by atoms with Crippen LogP contribution >= 0.6 is 24.0 Å². The van der Waals surface area contributed by atoms with Crippen LogP contribution < -0.4 is 0 Å². The summed E-state index contributed by atoms with van der Waals surface area (Å²) < 4.78 is 0.620. The summed E-state index contributed by atoms with van der Waals surface area (Å²) in [5.41, 5.74) is 0.797. The van der Waals surface area contributed by atoms with Gasteiger partial charge in [0.15, 0.2) is 0 Å². The molecule has 0 N–H and O–H groups in total. The topological polar surface area (TPSA) is 46.4 Å². The quantitative estimate of drug-likeness (QED) is 0.482. The number of hydrogen-bond donors (Lipinski definition) is 0. The van der Waals surface area contributed by atoms with E-state index >= 15 is 0 Å². The molecule has 0 amide bonds. The third-order valence-electron chi connectivity index (χ3n) is 2.26. The van der Waals surface area contributed by atoms with Crippen molar-refractivity contribution >= 4 is 33.2 Å². The fraction of sp³-hybridized carbons (Fsp3) is 0.250. The predicted octanol–water partition coefficient (Wildman–Crippen LogP) is 3.23. The molecule has 18 heavy (non-hydrogen) atoms. The zero-order chi connectivity index (χ0) is 13.5. The summed E-state index contributed by atoms with van der Waals surface area (Å²) in [5, 5.41) is 10.7. The zero-order valence-corrected chi connectivity index (χ0v) is 11.8. The van der Waals surface area contributed by atoms with E-state index in [1.54, 1.807) is 0 Å². The van der Waals surface area contributed by atoms with Gasteiger partial charge in [0, 0.05) is 13.6 Å². The molecule has 0 aliphatic heterocycles. The Kier molecular flexibility index (Phi) is 5.80. The van der Waals surface area contributed by atoms with Gasteiger partial charge >= 0.3 is 0 Å². The Hall–Kier alpha value is -1.40. The lowest BCUT2D eigenvalue weighted by Crippen LogP contribution is -2.21. The highest BCUT2D eigenvalue weighted by Gasteiger charge is 2.12. The highest BCUT2D eigenvalue weighted by atomic mass is 32.2. The van der Waals surface area contributed by atoms with Crippen LogP contribution in [0.4, 0.5) is 0 Å². The Labute approximate surface area is 116 Å². The van der Waals surface area contributed by atoms with E-state index in [4.69, 9.17) is 12.2 Å². The Balaban J connectivity index is 2.95. The molecular weight excluding hydrogens is 268 g/mol. The second-order valence-corrected chi connectivity index (χ2v) is 5.20. The third-order valence-corrected chi connectivity index (χ3v) is 3.87. The van der Waals surface area contributed by atoms with Gasteiger partial charge in [-0.2, -0.15) is 0 Å². The first-order valence-electron chi connectivity index (χ1n) is 5.38. The molecular formula is C12H14N2O2S2. The van der Waals surface area contributed by atoms with E-state index in [1.165, 1.54) is 11.8 Å². The van der Waals surface area contributed by atoms with Crippen molar-refractivity contribution in [3.8, 4) is 0 Å². The maximum atomic E-state index is 10.7. The van der Waals surface area contributed by atoms with Crippen molar-refractivity contribution in [1.29, 1.82) is 0 Å². The average molecular weight is 282 g/mol. The fourth-order valence-electron chi connectivity index (χ4n) is 1.16. The molecule has 0 aromatic heterocycles. The molecule has 0 aliphatic carbocycles. The van der Waals surface area contributed by atoms with E-state index in [1.807, 2.05) is 49.2 Å². The smallest absolute Gasteiger partial charge is 0.248 e. The van der Waals surface area contributed by atoms with Crippen LogP contribution in [0.1, 0.15) is 12.5 Å². The molecule has 0 aliphatic rings. The molecule has 0 radical (unpaired) electrons. The van der Waals surface area contributed by atoms with Gasteiger partial charge in [0.05, 0.1) is 9.83 Å². The maximum Gasteiger partial charge on any atom is 0.248 e. The molecule has 0 unspecified atom stereocenters. The first-order chi connectivity index (χ1) is 8.54. The van der Waals surface area contributed by atoms with Crippen molar-refractivity contribution in [2.75, 3.05) is 13.6 Å². The SMILES string of the molecule is CCN(C)C(=S)SC(=C[N+](=O)[O-])c1ccccc1. The van der Waals surface area contributed by atoms with E-state index < -0.39 is 4.92 Å². The summed E-state index contributed by atoms with van der Waals surface area (Å²) in [4.78, 5) is 12.6. The fourth-order valence-corrected chi connectivity index (χ4v) is 2.42. The molecule has 0 spiro atoms. The summed E-state index contributed by atoms with van der Waals surface area (Å²) >= 11 is 6.47.